The minimum Gasteiger partial charge on any atom is -0.506 e. The summed E-state index contributed by atoms with van der Waals surface area (Å²) in [6.45, 7) is 1.95. The van der Waals surface area contributed by atoms with E-state index in [4.69, 9.17) is 17.3 Å². The molecule has 3 N–H and O–H groups in total. The van der Waals surface area contributed by atoms with Crippen LogP contribution < -0.4 is 5.73 Å². The maximum absolute atomic E-state index is 9.55. The Hall–Kier alpha value is -1.67. The molecule has 0 spiro atoms. The number of aryl methyl sites for hydroxylation is 1. The molecule has 0 aromatic heterocycles. The van der Waals surface area contributed by atoms with Crippen LogP contribution in [0.2, 0.25) is 5.02 Å². The fourth-order valence-electron chi connectivity index (χ4n) is 1.58. The zero-order chi connectivity index (χ0) is 11.7. The van der Waals surface area contributed by atoms with Gasteiger partial charge in [0.1, 0.15) is 5.75 Å². The number of hydrogen-bond donors (Lipinski definition) is 2. The molecule has 0 bridgehead atoms. The zero-order valence-electron chi connectivity index (χ0n) is 8.87. The maximum atomic E-state index is 9.55. The van der Waals surface area contributed by atoms with E-state index in [-0.39, 0.29) is 5.75 Å². The average Bonchev–Trinajstić information content (AvgIpc) is 2.26. The average molecular weight is 234 g/mol. The van der Waals surface area contributed by atoms with Crippen LogP contribution in [-0.2, 0) is 0 Å². The summed E-state index contributed by atoms with van der Waals surface area (Å²) in [5, 5.41) is 10.3. The van der Waals surface area contributed by atoms with E-state index in [1.165, 1.54) is 0 Å². The Kier molecular flexibility index (Phi) is 2.75. The van der Waals surface area contributed by atoms with Gasteiger partial charge in [-0.1, -0.05) is 35.9 Å². The van der Waals surface area contributed by atoms with Crippen LogP contribution in [0.1, 0.15) is 5.56 Å². The molecule has 3 heteroatoms. The number of halogens is 1. The van der Waals surface area contributed by atoms with Crippen molar-refractivity contribution in [2.45, 2.75) is 6.92 Å². The molecule has 16 heavy (non-hydrogen) atoms. The number of anilines is 1. The molecule has 0 aliphatic heterocycles. The SMILES string of the molecule is Cc1cccc(-c2ccc(N)c(O)c2)c1Cl. The van der Waals surface area contributed by atoms with E-state index in [0.29, 0.717) is 10.7 Å². The third kappa shape index (κ3) is 1.84. The number of rotatable bonds is 1. The molecule has 2 nitrogen and oxygen atoms in total. The molecule has 0 fully saturated rings. The summed E-state index contributed by atoms with van der Waals surface area (Å²) in [7, 11) is 0. The largest absolute Gasteiger partial charge is 0.506 e. The Bertz CT molecular complexity index is 537. The van der Waals surface area contributed by atoms with Gasteiger partial charge in [0.2, 0.25) is 0 Å². The predicted octanol–water partition coefficient (Wildman–Crippen LogP) is 3.60. The smallest absolute Gasteiger partial charge is 0.139 e. The minimum absolute atomic E-state index is 0.0788. The standard InChI is InChI=1S/C13H12ClNO/c1-8-3-2-4-10(13(8)14)9-5-6-11(15)12(16)7-9/h2-7,16H,15H2,1H3. The van der Waals surface area contributed by atoms with Crippen molar-refractivity contribution in [1.29, 1.82) is 0 Å². The van der Waals surface area contributed by atoms with E-state index < -0.39 is 0 Å². The highest BCUT2D eigenvalue weighted by Crippen LogP contribution is 2.33. The van der Waals surface area contributed by atoms with Crippen LogP contribution in [0.25, 0.3) is 11.1 Å². The van der Waals surface area contributed by atoms with Crippen LogP contribution in [0.15, 0.2) is 36.4 Å². The third-order valence-electron chi connectivity index (χ3n) is 2.53. The van der Waals surface area contributed by atoms with Crippen LogP contribution in [0.5, 0.6) is 5.75 Å². The Labute approximate surface area is 99.3 Å². The molecular weight excluding hydrogens is 222 g/mol. The van der Waals surface area contributed by atoms with Crippen molar-refractivity contribution in [3.05, 3.63) is 47.0 Å². The molecule has 0 amide bonds. The van der Waals surface area contributed by atoms with Gasteiger partial charge in [-0.25, -0.2) is 0 Å². The van der Waals surface area contributed by atoms with E-state index in [1.54, 1.807) is 12.1 Å². The van der Waals surface area contributed by atoms with Crippen molar-refractivity contribution in [1.82, 2.24) is 0 Å². The van der Waals surface area contributed by atoms with Gasteiger partial charge in [0.15, 0.2) is 0 Å². The normalized spacial score (nSPS) is 10.4. The second kappa shape index (κ2) is 4.06. The first-order valence-corrected chi connectivity index (χ1v) is 5.31. The van der Waals surface area contributed by atoms with Crippen molar-refractivity contribution in [3.8, 4) is 16.9 Å². The van der Waals surface area contributed by atoms with Gasteiger partial charge >= 0.3 is 0 Å². The monoisotopic (exact) mass is 233 g/mol. The number of nitrogen functional groups attached to an aromatic ring is 1. The summed E-state index contributed by atoms with van der Waals surface area (Å²) in [5.41, 5.74) is 8.69. The number of hydrogen-bond acceptors (Lipinski definition) is 2. The topological polar surface area (TPSA) is 46.2 Å². The highest BCUT2D eigenvalue weighted by molar-refractivity contribution is 6.34. The highest BCUT2D eigenvalue weighted by Gasteiger charge is 2.07. The van der Waals surface area contributed by atoms with Crippen molar-refractivity contribution >= 4 is 17.3 Å². The van der Waals surface area contributed by atoms with E-state index in [0.717, 1.165) is 16.7 Å². The second-order valence-corrected chi connectivity index (χ2v) is 4.09. The van der Waals surface area contributed by atoms with Gasteiger partial charge in [-0.2, -0.15) is 0 Å². The first-order valence-electron chi connectivity index (χ1n) is 4.93. The summed E-state index contributed by atoms with van der Waals surface area (Å²) in [6, 6.07) is 10.9. The Morgan fingerprint density at radius 1 is 1.19 bits per heavy atom. The summed E-state index contributed by atoms with van der Waals surface area (Å²) in [5.74, 6) is 0.0788. The molecule has 2 aromatic rings. The predicted molar refractivity (Wildman–Crippen MR) is 67.7 cm³/mol. The van der Waals surface area contributed by atoms with Gasteiger partial charge in [0.05, 0.1) is 10.7 Å². The highest BCUT2D eigenvalue weighted by atomic mass is 35.5. The fourth-order valence-corrected chi connectivity index (χ4v) is 1.82. The molecular formula is C13H12ClNO. The lowest BCUT2D eigenvalue weighted by molar-refractivity contribution is 0.478. The maximum Gasteiger partial charge on any atom is 0.139 e. The van der Waals surface area contributed by atoms with Gasteiger partial charge in [0, 0.05) is 5.56 Å². The Morgan fingerprint density at radius 3 is 2.62 bits per heavy atom. The van der Waals surface area contributed by atoms with Gasteiger partial charge < -0.3 is 10.8 Å². The molecule has 0 aliphatic rings. The molecule has 2 rings (SSSR count). The Balaban J connectivity index is 2.59. The molecule has 0 saturated carbocycles. The summed E-state index contributed by atoms with van der Waals surface area (Å²) in [6.07, 6.45) is 0. The number of phenols is 1. The van der Waals surface area contributed by atoms with Crippen molar-refractivity contribution in [2.75, 3.05) is 5.73 Å². The van der Waals surface area contributed by atoms with Crippen molar-refractivity contribution < 1.29 is 5.11 Å². The molecule has 0 atom stereocenters. The first-order chi connectivity index (χ1) is 7.59. The fraction of sp³-hybridized carbons (Fsp3) is 0.0769. The molecule has 0 unspecified atom stereocenters. The van der Waals surface area contributed by atoms with E-state index in [2.05, 4.69) is 0 Å². The van der Waals surface area contributed by atoms with Crippen LogP contribution >= 0.6 is 11.6 Å². The lowest BCUT2D eigenvalue weighted by Gasteiger charge is -2.08. The van der Waals surface area contributed by atoms with E-state index in [1.807, 2.05) is 31.2 Å². The summed E-state index contributed by atoms with van der Waals surface area (Å²) in [4.78, 5) is 0. The molecule has 2 aromatic carbocycles. The lowest BCUT2D eigenvalue weighted by atomic mass is 10.0. The molecule has 0 aliphatic carbocycles. The van der Waals surface area contributed by atoms with Gasteiger partial charge in [0.25, 0.3) is 0 Å². The van der Waals surface area contributed by atoms with Gasteiger partial charge in [-0.05, 0) is 30.2 Å². The molecule has 0 saturated heterocycles. The second-order valence-electron chi connectivity index (χ2n) is 3.71. The van der Waals surface area contributed by atoms with Crippen LogP contribution in [0.4, 0.5) is 5.69 Å². The van der Waals surface area contributed by atoms with E-state index >= 15 is 0 Å². The number of aromatic hydroxyl groups is 1. The van der Waals surface area contributed by atoms with E-state index in [9.17, 15) is 5.11 Å². The quantitative estimate of drug-likeness (QED) is 0.584. The first kappa shape index (κ1) is 10.8. The number of nitrogens with two attached hydrogens (primary N) is 1. The van der Waals surface area contributed by atoms with Crippen LogP contribution in [0, 0.1) is 6.92 Å². The zero-order valence-corrected chi connectivity index (χ0v) is 9.62. The van der Waals surface area contributed by atoms with Crippen LogP contribution in [-0.4, -0.2) is 5.11 Å². The van der Waals surface area contributed by atoms with Gasteiger partial charge in [-0.3, -0.25) is 0 Å². The molecule has 0 heterocycles. The van der Waals surface area contributed by atoms with Gasteiger partial charge in [-0.15, -0.1) is 0 Å². The summed E-state index contributed by atoms with van der Waals surface area (Å²) >= 11 is 6.21. The number of phenolic OH excluding ortho intramolecular Hbond substituents is 1. The molecule has 82 valence electrons. The Morgan fingerprint density at radius 2 is 1.94 bits per heavy atom. The lowest BCUT2D eigenvalue weighted by Crippen LogP contribution is -1.87. The minimum atomic E-state index is 0.0788. The third-order valence-corrected chi connectivity index (χ3v) is 3.03. The van der Waals surface area contributed by atoms with Crippen molar-refractivity contribution in [2.24, 2.45) is 0 Å². The summed E-state index contributed by atoms with van der Waals surface area (Å²) < 4.78 is 0. The number of benzene rings is 2. The molecule has 0 radical (unpaired) electrons. The van der Waals surface area contributed by atoms with Crippen LogP contribution in [0.3, 0.4) is 0 Å². The van der Waals surface area contributed by atoms with Crippen molar-refractivity contribution in [3.63, 3.8) is 0 Å².